The van der Waals surface area contributed by atoms with Gasteiger partial charge in [-0.1, -0.05) is 12.1 Å². The molecule has 2 rings (SSSR count). The molecule has 0 atom stereocenters. The van der Waals surface area contributed by atoms with Crippen LogP contribution in [0.1, 0.15) is 18.2 Å². The zero-order chi connectivity index (χ0) is 12.3. The molecule has 2 aromatic rings. The number of halogens is 1. The van der Waals surface area contributed by atoms with Crippen molar-refractivity contribution in [2.24, 2.45) is 0 Å². The number of hydrogen-bond acceptors (Lipinski definition) is 2. The van der Waals surface area contributed by atoms with E-state index in [0.717, 1.165) is 23.8 Å². The van der Waals surface area contributed by atoms with Crippen molar-refractivity contribution in [1.82, 2.24) is 9.55 Å². The molecule has 0 radical (unpaired) electrons. The van der Waals surface area contributed by atoms with Gasteiger partial charge < -0.3 is 9.88 Å². The summed E-state index contributed by atoms with van der Waals surface area (Å²) in [5.41, 5.74) is 1.89. The van der Waals surface area contributed by atoms with Crippen molar-refractivity contribution in [3.63, 3.8) is 0 Å². The van der Waals surface area contributed by atoms with Crippen LogP contribution in [0.3, 0.4) is 0 Å². The Bertz CT molecular complexity index is 505. The predicted octanol–water partition coefficient (Wildman–Crippen LogP) is 2.96. The topological polar surface area (TPSA) is 29.9 Å². The second-order valence-corrected chi connectivity index (χ2v) is 3.98. The molecule has 1 heterocycles. The predicted molar refractivity (Wildman–Crippen MR) is 66.4 cm³/mol. The number of aryl methyl sites for hydroxylation is 2. The fraction of sp³-hybridized carbons (Fsp3) is 0.308. The molecule has 1 N–H and O–H groups in total. The minimum absolute atomic E-state index is 0.209. The summed E-state index contributed by atoms with van der Waals surface area (Å²) in [6, 6.07) is 6.58. The van der Waals surface area contributed by atoms with Crippen molar-refractivity contribution in [3.8, 4) is 0 Å². The Balaban J connectivity index is 2.06. The number of nitrogens with one attached hydrogen (secondary N) is 1. The maximum atomic E-state index is 13.0. The molecule has 0 aliphatic carbocycles. The normalized spacial score (nSPS) is 10.5. The molecule has 0 bridgehead atoms. The Morgan fingerprint density at radius 3 is 2.94 bits per heavy atom. The molecule has 0 aliphatic heterocycles. The van der Waals surface area contributed by atoms with Crippen LogP contribution < -0.4 is 5.32 Å². The lowest BCUT2D eigenvalue weighted by Crippen LogP contribution is -2.06. The van der Waals surface area contributed by atoms with Crippen LogP contribution in [-0.2, 0) is 13.1 Å². The molecule has 4 heteroatoms. The number of rotatable bonds is 4. The van der Waals surface area contributed by atoms with Crippen LogP contribution >= 0.6 is 0 Å². The van der Waals surface area contributed by atoms with E-state index >= 15 is 0 Å². The summed E-state index contributed by atoms with van der Waals surface area (Å²) in [6.45, 7) is 5.47. The first-order chi connectivity index (χ1) is 8.19. The SMILES string of the molecule is CCn1cc(C)nc1NCc1cccc(F)c1. The van der Waals surface area contributed by atoms with Crippen molar-refractivity contribution in [2.75, 3.05) is 5.32 Å². The molecule has 0 fully saturated rings. The minimum Gasteiger partial charge on any atom is -0.352 e. The van der Waals surface area contributed by atoms with Gasteiger partial charge >= 0.3 is 0 Å². The fourth-order valence-electron chi connectivity index (χ4n) is 1.76. The summed E-state index contributed by atoms with van der Waals surface area (Å²) >= 11 is 0. The number of imidazole rings is 1. The van der Waals surface area contributed by atoms with E-state index in [4.69, 9.17) is 0 Å². The number of hydrogen-bond donors (Lipinski definition) is 1. The summed E-state index contributed by atoms with van der Waals surface area (Å²) in [5, 5.41) is 3.21. The highest BCUT2D eigenvalue weighted by Crippen LogP contribution is 2.10. The van der Waals surface area contributed by atoms with Gasteiger partial charge in [-0.25, -0.2) is 9.37 Å². The summed E-state index contributed by atoms with van der Waals surface area (Å²) in [5.74, 6) is 0.619. The van der Waals surface area contributed by atoms with Gasteiger partial charge in [0.1, 0.15) is 5.82 Å². The van der Waals surface area contributed by atoms with E-state index in [2.05, 4.69) is 17.2 Å². The van der Waals surface area contributed by atoms with E-state index < -0.39 is 0 Å². The van der Waals surface area contributed by atoms with E-state index in [-0.39, 0.29) is 5.82 Å². The molecular formula is C13H16FN3. The quantitative estimate of drug-likeness (QED) is 0.879. The lowest BCUT2D eigenvalue weighted by atomic mass is 10.2. The molecule has 17 heavy (non-hydrogen) atoms. The third-order valence-corrected chi connectivity index (χ3v) is 2.58. The second-order valence-electron chi connectivity index (χ2n) is 3.98. The van der Waals surface area contributed by atoms with Crippen molar-refractivity contribution >= 4 is 5.95 Å². The average Bonchev–Trinajstić information content (AvgIpc) is 2.67. The molecule has 0 amide bonds. The Labute approximate surface area is 100 Å². The Morgan fingerprint density at radius 1 is 1.41 bits per heavy atom. The number of aromatic nitrogens is 2. The molecule has 90 valence electrons. The number of benzene rings is 1. The standard InChI is InChI=1S/C13H16FN3/c1-3-17-9-10(2)16-13(17)15-8-11-5-4-6-12(14)7-11/h4-7,9H,3,8H2,1-2H3,(H,15,16). The summed E-state index contributed by atoms with van der Waals surface area (Å²) < 4.78 is 15.0. The highest BCUT2D eigenvalue weighted by atomic mass is 19.1. The third-order valence-electron chi connectivity index (χ3n) is 2.58. The van der Waals surface area contributed by atoms with Gasteiger partial charge in [0.2, 0.25) is 5.95 Å². The third kappa shape index (κ3) is 2.84. The molecular weight excluding hydrogens is 217 g/mol. The van der Waals surface area contributed by atoms with Crippen LogP contribution in [0.5, 0.6) is 0 Å². The zero-order valence-electron chi connectivity index (χ0n) is 10.1. The van der Waals surface area contributed by atoms with Crippen LogP contribution in [-0.4, -0.2) is 9.55 Å². The van der Waals surface area contributed by atoms with Crippen molar-refractivity contribution in [1.29, 1.82) is 0 Å². The molecule has 1 aromatic heterocycles. The Kier molecular flexibility index (Phi) is 3.42. The van der Waals surface area contributed by atoms with E-state index in [0.29, 0.717) is 6.54 Å². The van der Waals surface area contributed by atoms with Crippen LogP contribution in [0.25, 0.3) is 0 Å². The van der Waals surface area contributed by atoms with E-state index in [9.17, 15) is 4.39 Å². The molecule has 0 saturated heterocycles. The maximum Gasteiger partial charge on any atom is 0.203 e. The monoisotopic (exact) mass is 233 g/mol. The van der Waals surface area contributed by atoms with Gasteiger partial charge in [-0.3, -0.25) is 0 Å². The molecule has 0 unspecified atom stereocenters. The molecule has 1 aromatic carbocycles. The first kappa shape index (κ1) is 11.6. The zero-order valence-corrected chi connectivity index (χ0v) is 10.1. The van der Waals surface area contributed by atoms with Gasteiger partial charge in [0.05, 0.1) is 5.69 Å². The minimum atomic E-state index is -0.209. The summed E-state index contributed by atoms with van der Waals surface area (Å²) in [7, 11) is 0. The van der Waals surface area contributed by atoms with E-state index in [1.165, 1.54) is 12.1 Å². The molecule has 0 aliphatic rings. The van der Waals surface area contributed by atoms with Crippen LogP contribution in [0.2, 0.25) is 0 Å². The number of anilines is 1. The summed E-state index contributed by atoms with van der Waals surface area (Å²) in [6.07, 6.45) is 1.99. The van der Waals surface area contributed by atoms with Crippen molar-refractivity contribution < 1.29 is 4.39 Å². The van der Waals surface area contributed by atoms with Gasteiger partial charge in [-0.15, -0.1) is 0 Å². The highest BCUT2D eigenvalue weighted by molar-refractivity contribution is 5.31. The van der Waals surface area contributed by atoms with Crippen LogP contribution in [0.15, 0.2) is 30.5 Å². The first-order valence-electron chi connectivity index (χ1n) is 5.71. The fourth-order valence-corrected chi connectivity index (χ4v) is 1.76. The maximum absolute atomic E-state index is 13.0. The van der Waals surface area contributed by atoms with E-state index in [1.54, 1.807) is 6.07 Å². The van der Waals surface area contributed by atoms with Gasteiger partial charge in [0, 0.05) is 19.3 Å². The van der Waals surface area contributed by atoms with Gasteiger partial charge in [-0.05, 0) is 31.5 Å². The van der Waals surface area contributed by atoms with Gasteiger partial charge in [0.15, 0.2) is 0 Å². The van der Waals surface area contributed by atoms with Crippen LogP contribution in [0.4, 0.5) is 10.3 Å². The van der Waals surface area contributed by atoms with Gasteiger partial charge in [0.25, 0.3) is 0 Å². The molecule has 3 nitrogen and oxygen atoms in total. The Morgan fingerprint density at radius 2 is 2.24 bits per heavy atom. The smallest absolute Gasteiger partial charge is 0.203 e. The number of nitrogens with zero attached hydrogens (tertiary/aromatic N) is 2. The molecule has 0 spiro atoms. The van der Waals surface area contributed by atoms with Crippen molar-refractivity contribution in [3.05, 3.63) is 47.5 Å². The highest BCUT2D eigenvalue weighted by Gasteiger charge is 2.03. The second kappa shape index (κ2) is 4.99. The largest absolute Gasteiger partial charge is 0.352 e. The lowest BCUT2D eigenvalue weighted by Gasteiger charge is -2.07. The van der Waals surface area contributed by atoms with Gasteiger partial charge in [-0.2, -0.15) is 0 Å². The van der Waals surface area contributed by atoms with Crippen LogP contribution in [0, 0.1) is 12.7 Å². The lowest BCUT2D eigenvalue weighted by molar-refractivity contribution is 0.625. The van der Waals surface area contributed by atoms with Crippen molar-refractivity contribution in [2.45, 2.75) is 26.9 Å². The first-order valence-corrected chi connectivity index (χ1v) is 5.71. The average molecular weight is 233 g/mol. The van der Waals surface area contributed by atoms with E-state index in [1.807, 2.05) is 23.8 Å². The Hall–Kier alpha value is -1.84. The summed E-state index contributed by atoms with van der Waals surface area (Å²) in [4.78, 5) is 4.38. The molecule has 0 saturated carbocycles.